The van der Waals surface area contributed by atoms with Crippen molar-refractivity contribution in [2.45, 2.75) is 110 Å². The fourth-order valence-electron chi connectivity index (χ4n) is 8.10. The second kappa shape index (κ2) is 15.2. The van der Waals surface area contributed by atoms with Crippen molar-refractivity contribution in [1.82, 2.24) is 26.4 Å². The van der Waals surface area contributed by atoms with E-state index in [2.05, 4.69) is 45.2 Å². The van der Waals surface area contributed by atoms with E-state index in [9.17, 15) is 29.4 Å². The lowest BCUT2D eigenvalue weighted by atomic mass is 9.71. The van der Waals surface area contributed by atoms with Gasteiger partial charge in [0.2, 0.25) is 11.8 Å². The minimum atomic E-state index is -0.954. The van der Waals surface area contributed by atoms with Gasteiger partial charge in [0.1, 0.15) is 0 Å². The van der Waals surface area contributed by atoms with Crippen LogP contribution in [0, 0.1) is 35.5 Å². The number of carbonyl (C=O) groups is 4. The Bertz CT molecular complexity index is 1040. The number of aliphatic imine (C=N–C) groups is 1. The maximum atomic E-state index is 12.6. The summed E-state index contributed by atoms with van der Waals surface area (Å²) in [6.07, 6.45) is 3.84. The molecule has 0 bridgehead atoms. The number of aliphatic carboxylic acids is 2. The van der Waals surface area contributed by atoms with Gasteiger partial charge in [-0.15, -0.1) is 0 Å². The van der Waals surface area contributed by atoms with Gasteiger partial charge in [-0.1, -0.05) is 40.4 Å². The van der Waals surface area contributed by atoms with E-state index in [0.29, 0.717) is 25.8 Å². The zero-order chi connectivity index (χ0) is 32.0. The topological polar surface area (TPSA) is 207 Å². The summed E-state index contributed by atoms with van der Waals surface area (Å²) >= 11 is 0. The monoisotopic (exact) mass is 605 g/mol. The van der Waals surface area contributed by atoms with Crippen LogP contribution in [0.5, 0.6) is 0 Å². The van der Waals surface area contributed by atoms with Crippen molar-refractivity contribution in [3.05, 3.63) is 0 Å². The Morgan fingerprint density at radius 1 is 0.977 bits per heavy atom. The molecule has 242 valence electrons. The smallest absolute Gasteiger partial charge is 0.308 e. The fourth-order valence-corrected chi connectivity index (χ4v) is 8.10. The van der Waals surface area contributed by atoms with Gasteiger partial charge in [-0.05, 0) is 43.4 Å². The standard InChI is InChI=1S/C29H52BN7O6/c1-7-16(8-2)23(33-14(4)38)18-10-11-19(27(40)41)25(18)36-30(6)37-26-20(28(42)43)12-21-22(26)24(34-15(5)39)17(9-3)13-32-29(31)35-21/h16-26,36-37H,7-13H2,1-6H3,(H,33,38)(H,34,39)(H,40,41)(H,42,43)(H3,31,32,35)/t17?,18-,19+,20+,21-,22-,23-,24-,25+,26-/m1/s1. The lowest BCUT2D eigenvalue weighted by Gasteiger charge is -2.41. The fraction of sp³-hybridized carbons (Fsp3) is 0.828. The van der Waals surface area contributed by atoms with Gasteiger partial charge in [0.15, 0.2) is 5.96 Å². The van der Waals surface area contributed by atoms with Crippen LogP contribution in [0.1, 0.15) is 73.1 Å². The van der Waals surface area contributed by atoms with Crippen molar-refractivity contribution >= 4 is 36.7 Å². The summed E-state index contributed by atoms with van der Waals surface area (Å²) in [5.41, 5.74) is 6.16. The molecule has 1 aliphatic heterocycles. The molecule has 2 fully saturated rings. The first-order chi connectivity index (χ1) is 20.3. The van der Waals surface area contributed by atoms with Crippen LogP contribution in [-0.4, -0.2) is 83.7 Å². The van der Waals surface area contributed by atoms with E-state index in [1.807, 2.05) is 13.7 Å². The maximum absolute atomic E-state index is 12.6. The van der Waals surface area contributed by atoms with Gasteiger partial charge >= 0.3 is 18.9 Å². The molecule has 13 nitrogen and oxygen atoms in total. The molecule has 2 saturated carbocycles. The minimum Gasteiger partial charge on any atom is -0.481 e. The summed E-state index contributed by atoms with van der Waals surface area (Å²) in [6.45, 7) is 10.9. The van der Waals surface area contributed by atoms with E-state index in [4.69, 9.17) is 5.73 Å². The molecule has 0 radical (unpaired) electrons. The van der Waals surface area contributed by atoms with Gasteiger partial charge in [-0.2, -0.15) is 0 Å². The number of hydrogen-bond acceptors (Lipinski definition) is 9. The van der Waals surface area contributed by atoms with Crippen molar-refractivity contribution in [2.24, 2.45) is 46.2 Å². The van der Waals surface area contributed by atoms with E-state index in [1.54, 1.807) is 0 Å². The maximum Gasteiger partial charge on any atom is 0.308 e. The summed E-state index contributed by atoms with van der Waals surface area (Å²) in [5.74, 6) is -3.65. The quantitative estimate of drug-likeness (QED) is 0.137. The van der Waals surface area contributed by atoms with Crippen LogP contribution in [0.3, 0.4) is 0 Å². The molecule has 0 spiro atoms. The zero-order valence-corrected chi connectivity index (χ0v) is 26.4. The molecule has 14 heteroatoms. The van der Waals surface area contributed by atoms with Crippen molar-refractivity contribution < 1.29 is 29.4 Å². The molecule has 0 aromatic rings. The number of hydrogen-bond donors (Lipinski definition) is 8. The molecule has 0 aromatic heterocycles. The first-order valence-corrected chi connectivity index (χ1v) is 15.9. The van der Waals surface area contributed by atoms with Crippen molar-refractivity contribution in [3.63, 3.8) is 0 Å². The Labute approximate surface area is 255 Å². The van der Waals surface area contributed by atoms with Crippen molar-refractivity contribution in [1.29, 1.82) is 0 Å². The number of guanidine groups is 1. The van der Waals surface area contributed by atoms with Gasteiger partial charge in [-0.3, -0.25) is 24.2 Å². The average molecular weight is 606 g/mol. The highest BCUT2D eigenvalue weighted by Gasteiger charge is 2.53. The van der Waals surface area contributed by atoms with Crippen molar-refractivity contribution in [2.75, 3.05) is 6.54 Å². The third-order valence-corrected chi connectivity index (χ3v) is 10.1. The highest BCUT2D eigenvalue weighted by atomic mass is 16.4. The SMILES string of the molecule is CCC(CC)[C@@H](NC(C)=O)[C@H]1CC[C@H](C(=O)O)[C@H]1NB(C)N[C@H]1[C@H]2[C@H](NC(C)=O)C(CC)CN=C(N)N[C@@H]2C[C@@H]1C(=O)O. The highest BCUT2D eigenvalue weighted by molar-refractivity contribution is 6.51. The Morgan fingerprint density at radius 3 is 2.14 bits per heavy atom. The Hall–Kier alpha value is -2.87. The number of carboxylic acids is 2. The zero-order valence-electron chi connectivity index (χ0n) is 26.4. The molecular weight excluding hydrogens is 553 g/mol. The van der Waals surface area contributed by atoms with Crippen LogP contribution in [0.15, 0.2) is 4.99 Å². The molecule has 1 heterocycles. The molecular formula is C29H52BN7O6. The van der Waals surface area contributed by atoms with Crippen LogP contribution >= 0.6 is 0 Å². The molecule has 9 N–H and O–H groups in total. The molecule has 3 aliphatic rings. The summed E-state index contributed by atoms with van der Waals surface area (Å²) in [5, 5.41) is 36.9. The molecule has 3 rings (SSSR count). The molecule has 2 aliphatic carbocycles. The molecule has 1 unspecified atom stereocenters. The number of fused-ring (bicyclic) bond motifs is 1. The van der Waals surface area contributed by atoms with E-state index < -0.39 is 42.8 Å². The van der Waals surface area contributed by atoms with Crippen LogP contribution in [0.2, 0.25) is 6.82 Å². The Kier molecular flexibility index (Phi) is 12.3. The third kappa shape index (κ3) is 8.20. The Balaban J connectivity index is 1.94. The second-order valence-electron chi connectivity index (χ2n) is 12.7. The van der Waals surface area contributed by atoms with Crippen LogP contribution in [0.4, 0.5) is 0 Å². The number of carbonyl (C=O) groups excluding carboxylic acids is 2. The van der Waals surface area contributed by atoms with E-state index >= 15 is 0 Å². The lowest BCUT2D eigenvalue weighted by Crippen LogP contribution is -2.64. The van der Waals surface area contributed by atoms with Gasteiger partial charge in [-0.25, -0.2) is 0 Å². The predicted molar refractivity (Wildman–Crippen MR) is 165 cm³/mol. The first-order valence-electron chi connectivity index (χ1n) is 15.9. The third-order valence-electron chi connectivity index (χ3n) is 10.1. The summed E-state index contributed by atoms with van der Waals surface area (Å²) < 4.78 is 0. The average Bonchev–Trinajstić information content (AvgIpc) is 3.48. The first kappa shape index (κ1) is 34.6. The largest absolute Gasteiger partial charge is 0.481 e. The van der Waals surface area contributed by atoms with E-state index in [0.717, 1.165) is 12.8 Å². The van der Waals surface area contributed by atoms with Gasteiger partial charge < -0.3 is 42.4 Å². The summed E-state index contributed by atoms with van der Waals surface area (Å²) in [7, 11) is 0. The summed E-state index contributed by atoms with van der Waals surface area (Å²) in [4.78, 5) is 54.0. The number of nitrogens with zero attached hydrogens (tertiary/aromatic N) is 1. The minimum absolute atomic E-state index is 0.0498. The lowest BCUT2D eigenvalue weighted by molar-refractivity contribution is -0.143. The van der Waals surface area contributed by atoms with Gasteiger partial charge in [0.05, 0.1) is 11.8 Å². The molecule has 43 heavy (non-hydrogen) atoms. The van der Waals surface area contributed by atoms with E-state index in [1.165, 1.54) is 13.8 Å². The molecule has 2 amide bonds. The number of rotatable bonds is 13. The van der Waals surface area contributed by atoms with E-state index in [-0.39, 0.29) is 66.0 Å². The van der Waals surface area contributed by atoms with Crippen LogP contribution < -0.4 is 32.1 Å². The van der Waals surface area contributed by atoms with Gasteiger partial charge in [0, 0.05) is 56.5 Å². The summed E-state index contributed by atoms with van der Waals surface area (Å²) in [6, 6.07) is -1.87. The molecule has 0 aromatic carbocycles. The number of nitrogens with two attached hydrogens (primary N) is 1. The number of carboxylic acid groups (broad SMARTS) is 2. The van der Waals surface area contributed by atoms with Crippen LogP contribution in [-0.2, 0) is 19.2 Å². The highest BCUT2D eigenvalue weighted by Crippen LogP contribution is 2.40. The molecule has 0 saturated heterocycles. The van der Waals surface area contributed by atoms with Crippen molar-refractivity contribution in [3.8, 4) is 0 Å². The van der Waals surface area contributed by atoms with Gasteiger partial charge in [0.25, 0.3) is 0 Å². The predicted octanol–water partition coefficient (Wildman–Crippen LogP) is 0.611. The Morgan fingerprint density at radius 2 is 1.60 bits per heavy atom. The number of nitrogens with one attached hydrogen (secondary N) is 5. The molecule has 10 atom stereocenters. The normalized spacial score (nSPS) is 32.9. The van der Waals surface area contributed by atoms with Crippen LogP contribution in [0.25, 0.3) is 0 Å². The number of amides is 2. The second-order valence-corrected chi connectivity index (χ2v) is 12.7.